The summed E-state index contributed by atoms with van der Waals surface area (Å²) in [4.78, 5) is 18.7. The number of fused-ring (bicyclic) bond motifs is 1. The van der Waals surface area contributed by atoms with Gasteiger partial charge in [-0.05, 0) is 24.6 Å². The van der Waals surface area contributed by atoms with Gasteiger partial charge in [-0.2, -0.15) is 0 Å². The molecule has 0 aliphatic carbocycles. The third-order valence-electron chi connectivity index (χ3n) is 2.33. The summed E-state index contributed by atoms with van der Waals surface area (Å²) in [5, 5.41) is 3.50. The second kappa shape index (κ2) is 4.85. The molecule has 0 aliphatic heterocycles. The second-order valence-corrected chi connectivity index (χ2v) is 4.82. The molecule has 0 fully saturated rings. The molecule has 2 rings (SSSR count). The SMILES string of the molecule is Cc1nc2ccc(CNC(=S)S)cc2c(=O)[nH]1. The summed E-state index contributed by atoms with van der Waals surface area (Å²) >= 11 is 8.78. The van der Waals surface area contributed by atoms with Gasteiger partial charge in [0.25, 0.3) is 5.56 Å². The maximum atomic E-state index is 11.7. The molecule has 0 radical (unpaired) electrons. The van der Waals surface area contributed by atoms with Crippen molar-refractivity contribution in [3.8, 4) is 0 Å². The number of hydrogen-bond acceptors (Lipinski definition) is 3. The van der Waals surface area contributed by atoms with Gasteiger partial charge in [0.2, 0.25) is 0 Å². The first-order chi connectivity index (χ1) is 8.06. The molecule has 1 aromatic heterocycles. The quantitative estimate of drug-likeness (QED) is 0.569. The van der Waals surface area contributed by atoms with E-state index < -0.39 is 0 Å². The lowest BCUT2D eigenvalue weighted by Gasteiger charge is -2.05. The third kappa shape index (κ3) is 2.83. The van der Waals surface area contributed by atoms with E-state index in [1.807, 2.05) is 12.1 Å². The fourth-order valence-corrected chi connectivity index (χ4v) is 1.74. The van der Waals surface area contributed by atoms with Crippen LogP contribution in [-0.4, -0.2) is 14.3 Å². The molecule has 6 heteroatoms. The zero-order chi connectivity index (χ0) is 12.4. The summed E-state index contributed by atoms with van der Waals surface area (Å²) in [6.45, 7) is 2.31. The first kappa shape index (κ1) is 12.1. The van der Waals surface area contributed by atoms with Gasteiger partial charge in [0.05, 0.1) is 10.9 Å². The molecule has 0 unspecified atom stereocenters. The molecule has 0 bridgehead atoms. The van der Waals surface area contributed by atoms with E-state index in [4.69, 9.17) is 12.2 Å². The second-order valence-electron chi connectivity index (χ2n) is 3.66. The molecule has 4 nitrogen and oxygen atoms in total. The van der Waals surface area contributed by atoms with Crippen LogP contribution < -0.4 is 10.9 Å². The summed E-state index contributed by atoms with van der Waals surface area (Å²) in [7, 11) is 0. The predicted octanol–water partition coefficient (Wildman–Crippen LogP) is 1.54. The van der Waals surface area contributed by atoms with Crippen molar-refractivity contribution in [1.29, 1.82) is 0 Å². The minimum absolute atomic E-state index is 0.122. The molecule has 0 spiro atoms. The number of nitrogens with one attached hydrogen (secondary N) is 2. The Morgan fingerprint density at radius 3 is 3.06 bits per heavy atom. The fraction of sp³-hybridized carbons (Fsp3) is 0.182. The first-order valence-electron chi connectivity index (χ1n) is 5.02. The molecule has 2 N–H and O–H groups in total. The van der Waals surface area contributed by atoms with Crippen LogP contribution in [0.2, 0.25) is 0 Å². The molecule has 0 saturated heterocycles. The summed E-state index contributed by atoms with van der Waals surface area (Å²) in [5.74, 6) is 0.616. The molecular formula is C11H11N3OS2. The number of hydrogen-bond donors (Lipinski definition) is 3. The lowest BCUT2D eigenvalue weighted by Crippen LogP contribution is -2.16. The largest absolute Gasteiger partial charge is 0.367 e. The Morgan fingerprint density at radius 2 is 2.35 bits per heavy atom. The van der Waals surface area contributed by atoms with Crippen molar-refractivity contribution in [2.75, 3.05) is 0 Å². The third-order valence-corrected chi connectivity index (χ3v) is 2.63. The molecule has 0 amide bonds. The minimum Gasteiger partial charge on any atom is -0.367 e. The fourth-order valence-electron chi connectivity index (χ4n) is 1.59. The van der Waals surface area contributed by atoms with E-state index in [1.165, 1.54) is 0 Å². The topological polar surface area (TPSA) is 57.8 Å². The lowest BCUT2D eigenvalue weighted by molar-refractivity contribution is 0.940. The van der Waals surface area contributed by atoms with Gasteiger partial charge in [0, 0.05) is 6.54 Å². The van der Waals surface area contributed by atoms with E-state index in [0.717, 1.165) is 5.56 Å². The van der Waals surface area contributed by atoms with Gasteiger partial charge in [0.1, 0.15) is 10.1 Å². The zero-order valence-electron chi connectivity index (χ0n) is 9.15. The summed E-state index contributed by atoms with van der Waals surface area (Å²) in [5.41, 5.74) is 1.54. The number of rotatable bonds is 2. The van der Waals surface area contributed by atoms with Gasteiger partial charge < -0.3 is 10.3 Å². The van der Waals surface area contributed by atoms with Crippen LogP contribution in [-0.2, 0) is 6.54 Å². The number of thiol groups is 1. The smallest absolute Gasteiger partial charge is 0.258 e. The van der Waals surface area contributed by atoms with Crippen molar-refractivity contribution in [3.63, 3.8) is 0 Å². The van der Waals surface area contributed by atoms with Crippen molar-refractivity contribution >= 4 is 40.1 Å². The molecule has 88 valence electrons. The predicted molar refractivity (Wildman–Crippen MR) is 75.5 cm³/mol. The maximum Gasteiger partial charge on any atom is 0.258 e. The van der Waals surface area contributed by atoms with Gasteiger partial charge in [-0.25, -0.2) is 4.98 Å². The van der Waals surface area contributed by atoms with E-state index in [0.29, 0.717) is 27.6 Å². The highest BCUT2D eigenvalue weighted by atomic mass is 32.1. The molecule has 1 aromatic carbocycles. The number of aromatic nitrogens is 2. The molecule has 0 aliphatic rings. The molecule has 0 saturated carbocycles. The number of benzene rings is 1. The monoisotopic (exact) mass is 265 g/mol. The van der Waals surface area contributed by atoms with Crippen molar-refractivity contribution in [3.05, 3.63) is 39.9 Å². The number of H-pyrrole nitrogens is 1. The highest BCUT2D eigenvalue weighted by Crippen LogP contribution is 2.10. The van der Waals surface area contributed by atoms with E-state index >= 15 is 0 Å². The molecule has 2 aromatic rings. The van der Waals surface area contributed by atoms with E-state index in [-0.39, 0.29) is 5.56 Å². The van der Waals surface area contributed by atoms with Crippen LogP contribution in [0.15, 0.2) is 23.0 Å². The summed E-state index contributed by atoms with van der Waals surface area (Å²) in [6, 6.07) is 5.54. The Morgan fingerprint density at radius 1 is 1.59 bits per heavy atom. The van der Waals surface area contributed by atoms with Crippen molar-refractivity contribution < 1.29 is 0 Å². The number of aromatic amines is 1. The standard InChI is InChI=1S/C11H11N3OS2/c1-6-13-9-3-2-7(5-12-11(16)17)4-8(9)10(15)14-6/h2-4H,5H2,1H3,(H2,12,16,17)(H,13,14,15). The van der Waals surface area contributed by atoms with Gasteiger partial charge in [-0.1, -0.05) is 18.3 Å². The normalized spacial score (nSPS) is 10.5. The minimum atomic E-state index is -0.122. The van der Waals surface area contributed by atoms with Crippen molar-refractivity contribution in [2.45, 2.75) is 13.5 Å². The van der Waals surface area contributed by atoms with Crippen LogP contribution in [0.4, 0.5) is 0 Å². The van der Waals surface area contributed by atoms with Gasteiger partial charge >= 0.3 is 0 Å². The van der Waals surface area contributed by atoms with Crippen LogP contribution in [0, 0.1) is 6.92 Å². The Bertz CT molecular complexity index is 636. The van der Waals surface area contributed by atoms with Crippen LogP contribution in [0.1, 0.15) is 11.4 Å². The average Bonchev–Trinajstić information content (AvgIpc) is 2.26. The van der Waals surface area contributed by atoms with Crippen LogP contribution in [0.3, 0.4) is 0 Å². The van der Waals surface area contributed by atoms with E-state index in [2.05, 4.69) is 27.9 Å². The Balaban J connectivity index is 2.43. The highest BCUT2D eigenvalue weighted by Gasteiger charge is 2.03. The molecule has 17 heavy (non-hydrogen) atoms. The lowest BCUT2D eigenvalue weighted by atomic mass is 10.1. The Kier molecular flexibility index (Phi) is 3.44. The van der Waals surface area contributed by atoms with Crippen LogP contribution in [0.5, 0.6) is 0 Å². The highest BCUT2D eigenvalue weighted by molar-refractivity contribution is 8.11. The Labute approximate surface area is 109 Å². The van der Waals surface area contributed by atoms with E-state index in [1.54, 1.807) is 13.0 Å². The average molecular weight is 265 g/mol. The van der Waals surface area contributed by atoms with Crippen molar-refractivity contribution in [2.24, 2.45) is 0 Å². The number of nitrogens with zero attached hydrogens (tertiary/aromatic N) is 1. The van der Waals surface area contributed by atoms with Crippen molar-refractivity contribution in [1.82, 2.24) is 15.3 Å². The zero-order valence-corrected chi connectivity index (χ0v) is 10.9. The van der Waals surface area contributed by atoms with Crippen LogP contribution >= 0.6 is 24.8 Å². The van der Waals surface area contributed by atoms with Gasteiger partial charge in [-0.3, -0.25) is 4.79 Å². The number of aryl methyl sites for hydroxylation is 1. The molecular weight excluding hydrogens is 254 g/mol. The van der Waals surface area contributed by atoms with Gasteiger partial charge in [0.15, 0.2) is 0 Å². The first-order valence-corrected chi connectivity index (χ1v) is 5.88. The summed E-state index contributed by atoms with van der Waals surface area (Å²) < 4.78 is 0.432. The Hall–Kier alpha value is -1.40. The van der Waals surface area contributed by atoms with Crippen LogP contribution in [0.25, 0.3) is 10.9 Å². The molecule has 0 atom stereocenters. The summed E-state index contributed by atoms with van der Waals surface area (Å²) in [6.07, 6.45) is 0. The number of thiocarbonyl (C=S) groups is 1. The maximum absolute atomic E-state index is 11.7. The van der Waals surface area contributed by atoms with Gasteiger partial charge in [-0.15, -0.1) is 12.6 Å². The molecule has 1 heterocycles. The van der Waals surface area contributed by atoms with E-state index in [9.17, 15) is 4.79 Å².